The molecule has 0 radical (unpaired) electrons. The molecule has 0 fully saturated rings. The number of aryl methyl sites for hydroxylation is 2. The molecule has 2 aromatic carbocycles. The van der Waals surface area contributed by atoms with E-state index in [1.54, 1.807) is 41.5 Å². The van der Waals surface area contributed by atoms with Crippen molar-refractivity contribution in [2.24, 2.45) is 0 Å². The van der Waals surface area contributed by atoms with Gasteiger partial charge in [-0.05, 0) is 85.4 Å². The number of nitrogens with zero attached hydrogens (tertiary/aromatic N) is 2. The molecule has 1 amide bonds. The average molecular weight is 450 g/mol. The molecule has 0 unspecified atom stereocenters. The van der Waals surface area contributed by atoms with Crippen LogP contribution in [0.3, 0.4) is 0 Å². The van der Waals surface area contributed by atoms with Crippen LogP contribution in [-0.2, 0) is 6.54 Å². The largest absolute Gasteiger partial charge is 0.337 e. The number of aromatic amines is 1. The van der Waals surface area contributed by atoms with Crippen molar-refractivity contribution in [1.82, 2.24) is 14.5 Å². The zero-order valence-corrected chi connectivity index (χ0v) is 19.5. The van der Waals surface area contributed by atoms with Crippen LogP contribution >= 0.6 is 23.6 Å². The molecular weight excluding hydrogens is 426 g/mol. The van der Waals surface area contributed by atoms with Crippen LogP contribution in [0, 0.1) is 25.5 Å². The maximum Gasteiger partial charge on any atom is 0.266 e. The molecule has 0 saturated carbocycles. The lowest BCUT2D eigenvalue weighted by Gasteiger charge is -2.17. The van der Waals surface area contributed by atoms with Crippen molar-refractivity contribution in [3.63, 3.8) is 0 Å². The highest BCUT2D eigenvalue weighted by atomic mass is 32.1. The van der Waals surface area contributed by atoms with Gasteiger partial charge in [0.05, 0.1) is 23.1 Å². The number of H-pyrrole nitrogens is 1. The number of amides is 1. The minimum Gasteiger partial charge on any atom is -0.337 e. The molecule has 5 nitrogen and oxygen atoms in total. The van der Waals surface area contributed by atoms with Gasteiger partial charge in [0, 0.05) is 17.5 Å². The summed E-state index contributed by atoms with van der Waals surface area (Å²) in [4.78, 5) is 32.2. The first-order valence-electron chi connectivity index (χ1n) is 9.92. The molecule has 2 aromatic heterocycles. The molecular formula is C24H23N3O2S2. The zero-order valence-electron chi connectivity index (χ0n) is 17.9. The summed E-state index contributed by atoms with van der Waals surface area (Å²) in [5.41, 5.74) is 4.90. The van der Waals surface area contributed by atoms with Crippen molar-refractivity contribution >= 4 is 40.4 Å². The maximum absolute atomic E-state index is 13.3. The fraction of sp³-hybridized carbons (Fsp3) is 0.208. The Morgan fingerprint density at radius 3 is 2.61 bits per heavy atom. The second-order valence-corrected chi connectivity index (χ2v) is 9.13. The third-order valence-electron chi connectivity index (χ3n) is 5.66. The van der Waals surface area contributed by atoms with Crippen molar-refractivity contribution in [1.29, 1.82) is 0 Å². The summed E-state index contributed by atoms with van der Waals surface area (Å²) in [6.07, 6.45) is 0. The molecule has 7 heteroatoms. The molecule has 0 saturated heterocycles. The summed E-state index contributed by atoms with van der Waals surface area (Å²) in [6.45, 7) is 6.57. The van der Waals surface area contributed by atoms with Crippen LogP contribution in [0.5, 0.6) is 0 Å². The van der Waals surface area contributed by atoms with Crippen LogP contribution in [0.25, 0.3) is 16.6 Å². The molecule has 0 aliphatic heterocycles. The fourth-order valence-electron chi connectivity index (χ4n) is 3.62. The molecule has 2 heterocycles. The van der Waals surface area contributed by atoms with Gasteiger partial charge in [0.15, 0.2) is 4.77 Å². The third kappa shape index (κ3) is 3.86. The predicted octanol–water partition coefficient (Wildman–Crippen LogP) is 5.31. The second kappa shape index (κ2) is 8.24. The summed E-state index contributed by atoms with van der Waals surface area (Å²) in [5, 5.41) is 2.52. The first-order valence-corrected chi connectivity index (χ1v) is 11.2. The van der Waals surface area contributed by atoms with Gasteiger partial charge < -0.3 is 9.88 Å². The van der Waals surface area contributed by atoms with E-state index in [2.05, 4.69) is 11.1 Å². The number of aromatic nitrogens is 2. The number of carbonyl (C=O) groups excluding carboxylic acids is 1. The van der Waals surface area contributed by atoms with Crippen molar-refractivity contribution in [2.75, 3.05) is 7.05 Å². The van der Waals surface area contributed by atoms with E-state index in [1.165, 1.54) is 10.1 Å². The molecule has 0 bridgehead atoms. The Balaban J connectivity index is 1.75. The topological polar surface area (TPSA) is 58.1 Å². The molecule has 1 N–H and O–H groups in total. The molecule has 4 aromatic rings. The van der Waals surface area contributed by atoms with Crippen LogP contribution < -0.4 is 5.56 Å². The molecule has 158 valence electrons. The first-order chi connectivity index (χ1) is 14.8. The van der Waals surface area contributed by atoms with E-state index < -0.39 is 0 Å². The highest BCUT2D eigenvalue weighted by Gasteiger charge is 2.16. The van der Waals surface area contributed by atoms with Gasteiger partial charge in [-0.1, -0.05) is 12.1 Å². The number of benzene rings is 2. The Kier molecular flexibility index (Phi) is 5.64. The van der Waals surface area contributed by atoms with Gasteiger partial charge in [-0.3, -0.25) is 14.2 Å². The maximum atomic E-state index is 13.3. The number of hydrogen-bond acceptors (Lipinski definition) is 4. The highest BCUT2D eigenvalue weighted by Crippen LogP contribution is 2.21. The van der Waals surface area contributed by atoms with Crippen molar-refractivity contribution in [3.05, 3.63) is 90.1 Å². The second-order valence-electron chi connectivity index (χ2n) is 7.74. The van der Waals surface area contributed by atoms with Crippen LogP contribution in [-0.4, -0.2) is 27.4 Å². The van der Waals surface area contributed by atoms with Gasteiger partial charge in [-0.25, -0.2) is 0 Å². The third-order valence-corrected chi connectivity index (χ3v) is 6.95. The average Bonchev–Trinajstić information content (AvgIpc) is 3.14. The molecule has 4 rings (SSSR count). The standard InChI is InChI=1S/C24H23N3O2S2/c1-14-6-5-7-20(16(14)3)27-23(29)18-9-8-17(12-19(18)25-24(27)30)22(28)26(4)13-21-15(2)10-11-31-21/h5-12H,13H2,1-4H3,(H,25,30). The van der Waals surface area contributed by atoms with Gasteiger partial charge in [-0.2, -0.15) is 0 Å². The predicted molar refractivity (Wildman–Crippen MR) is 129 cm³/mol. The minimum absolute atomic E-state index is 0.104. The Labute approximate surface area is 189 Å². The Morgan fingerprint density at radius 1 is 1.13 bits per heavy atom. The number of carbonyl (C=O) groups is 1. The lowest BCUT2D eigenvalue weighted by Crippen LogP contribution is -2.26. The monoisotopic (exact) mass is 449 g/mol. The molecule has 0 aliphatic rings. The summed E-state index contributed by atoms with van der Waals surface area (Å²) in [6, 6.07) is 13.0. The number of nitrogens with one attached hydrogen (secondary N) is 1. The quantitative estimate of drug-likeness (QED) is 0.430. The van der Waals surface area contributed by atoms with E-state index in [9.17, 15) is 9.59 Å². The fourth-order valence-corrected chi connectivity index (χ4v) is 4.87. The summed E-state index contributed by atoms with van der Waals surface area (Å²) >= 11 is 7.16. The Bertz CT molecular complexity index is 1430. The van der Waals surface area contributed by atoms with Gasteiger partial charge in [0.25, 0.3) is 11.5 Å². The Hall–Kier alpha value is -3.03. The van der Waals surface area contributed by atoms with Gasteiger partial charge in [-0.15, -0.1) is 11.3 Å². The van der Waals surface area contributed by atoms with E-state index in [0.29, 0.717) is 27.8 Å². The van der Waals surface area contributed by atoms with E-state index in [-0.39, 0.29) is 11.5 Å². The molecule has 0 aliphatic carbocycles. The van der Waals surface area contributed by atoms with Crippen LogP contribution in [0.2, 0.25) is 0 Å². The number of hydrogen-bond donors (Lipinski definition) is 1. The first kappa shape index (κ1) is 21.2. The van der Waals surface area contributed by atoms with Crippen LogP contribution in [0.1, 0.15) is 31.9 Å². The van der Waals surface area contributed by atoms with Crippen molar-refractivity contribution < 1.29 is 4.79 Å². The molecule has 31 heavy (non-hydrogen) atoms. The van der Waals surface area contributed by atoms with E-state index in [4.69, 9.17) is 12.2 Å². The van der Waals surface area contributed by atoms with E-state index >= 15 is 0 Å². The summed E-state index contributed by atoms with van der Waals surface area (Å²) in [7, 11) is 1.78. The van der Waals surface area contributed by atoms with Gasteiger partial charge in [0.1, 0.15) is 0 Å². The number of thiophene rings is 1. The molecule has 0 atom stereocenters. The normalized spacial score (nSPS) is 11.1. The smallest absolute Gasteiger partial charge is 0.266 e. The SMILES string of the molecule is Cc1ccsc1CN(C)C(=O)c1ccc2c(=O)n(-c3cccc(C)c3C)c(=S)[nH]c2c1. The van der Waals surface area contributed by atoms with E-state index in [1.807, 2.05) is 44.4 Å². The van der Waals surface area contributed by atoms with Gasteiger partial charge in [0.2, 0.25) is 0 Å². The van der Waals surface area contributed by atoms with E-state index in [0.717, 1.165) is 21.7 Å². The molecule has 0 spiro atoms. The van der Waals surface area contributed by atoms with Crippen LogP contribution in [0.15, 0.2) is 52.6 Å². The van der Waals surface area contributed by atoms with Gasteiger partial charge >= 0.3 is 0 Å². The van der Waals surface area contributed by atoms with Crippen molar-refractivity contribution in [2.45, 2.75) is 27.3 Å². The zero-order chi connectivity index (χ0) is 22.3. The lowest BCUT2D eigenvalue weighted by atomic mass is 10.1. The minimum atomic E-state index is -0.200. The lowest BCUT2D eigenvalue weighted by molar-refractivity contribution is 0.0786. The summed E-state index contributed by atoms with van der Waals surface area (Å²) < 4.78 is 1.83. The van der Waals surface area contributed by atoms with Crippen molar-refractivity contribution in [3.8, 4) is 5.69 Å². The Morgan fingerprint density at radius 2 is 1.90 bits per heavy atom. The van der Waals surface area contributed by atoms with Crippen LogP contribution in [0.4, 0.5) is 0 Å². The number of fused-ring (bicyclic) bond motifs is 1. The summed E-state index contributed by atoms with van der Waals surface area (Å²) in [5.74, 6) is -0.104. The highest BCUT2D eigenvalue weighted by molar-refractivity contribution is 7.71. The number of rotatable bonds is 4.